The molecular weight excluding hydrogens is 240 g/mol. The fraction of sp³-hybridized carbons (Fsp3) is 0.467. The number of carbonyl (C=O) groups is 2. The summed E-state index contributed by atoms with van der Waals surface area (Å²) in [6.45, 7) is 2.31. The quantitative estimate of drug-likeness (QED) is 0.828. The highest BCUT2D eigenvalue weighted by molar-refractivity contribution is 6.05. The molecule has 1 aliphatic heterocycles. The predicted molar refractivity (Wildman–Crippen MR) is 71.5 cm³/mol. The number of rotatable bonds is 4. The fourth-order valence-corrected chi connectivity index (χ4v) is 2.85. The van der Waals surface area contributed by atoms with Gasteiger partial charge in [0.15, 0.2) is 0 Å². The summed E-state index contributed by atoms with van der Waals surface area (Å²) in [6, 6.07) is 10.3. The lowest BCUT2D eigenvalue weighted by atomic mass is 10.1. The molecule has 3 atom stereocenters. The topological polar surface area (TPSA) is 49.4 Å². The van der Waals surface area contributed by atoms with Crippen LogP contribution in [-0.2, 0) is 9.59 Å². The van der Waals surface area contributed by atoms with Crippen molar-refractivity contribution in [3.63, 3.8) is 0 Å². The number of nitrogens with zero attached hydrogens (tertiary/aromatic N) is 1. The first kappa shape index (κ1) is 12.4. The first-order chi connectivity index (χ1) is 9.20. The van der Waals surface area contributed by atoms with E-state index in [-0.39, 0.29) is 17.9 Å². The van der Waals surface area contributed by atoms with Crippen LogP contribution in [0.3, 0.4) is 0 Å². The summed E-state index contributed by atoms with van der Waals surface area (Å²) in [5, 5.41) is 3.33. The van der Waals surface area contributed by atoms with Crippen molar-refractivity contribution in [2.75, 3.05) is 6.54 Å². The lowest BCUT2D eigenvalue weighted by Crippen LogP contribution is -2.40. The average Bonchev–Trinajstić information content (AvgIpc) is 3.13. The zero-order chi connectivity index (χ0) is 13.4. The molecule has 1 heterocycles. The van der Waals surface area contributed by atoms with Gasteiger partial charge in [-0.15, -0.1) is 0 Å². The van der Waals surface area contributed by atoms with Crippen LogP contribution in [0.15, 0.2) is 30.3 Å². The van der Waals surface area contributed by atoms with Crippen LogP contribution in [-0.4, -0.2) is 35.3 Å². The van der Waals surface area contributed by atoms with E-state index in [2.05, 4.69) is 17.4 Å². The molecule has 3 unspecified atom stereocenters. The normalized spacial score (nSPS) is 29.9. The van der Waals surface area contributed by atoms with E-state index in [4.69, 9.17) is 0 Å². The van der Waals surface area contributed by atoms with E-state index < -0.39 is 0 Å². The van der Waals surface area contributed by atoms with Gasteiger partial charge in [0.1, 0.15) is 0 Å². The van der Waals surface area contributed by atoms with Gasteiger partial charge in [0.25, 0.3) is 0 Å². The zero-order valence-corrected chi connectivity index (χ0v) is 11.0. The minimum absolute atomic E-state index is 0.0538. The molecule has 4 heteroatoms. The molecule has 1 saturated carbocycles. The molecule has 2 fully saturated rings. The van der Waals surface area contributed by atoms with Crippen molar-refractivity contribution in [2.24, 2.45) is 0 Å². The Balaban J connectivity index is 1.60. The Kier molecular flexibility index (Phi) is 3.11. The van der Waals surface area contributed by atoms with Gasteiger partial charge in [-0.25, -0.2) is 0 Å². The molecule has 0 aromatic heterocycles. The van der Waals surface area contributed by atoms with Crippen LogP contribution in [0.5, 0.6) is 0 Å². The van der Waals surface area contributed by atoms with Gasteiger partial charge in [0.05, 0.1) is 12.5 Å². The number of amides is 2. The maximum Gasteiger partial charge on any atom is 0.246 e. The highest BCUT2D eigenvalue weighted by atomic mass is 16.2. The molecule has 0 bridgehead atoms. The average molecular weight is 258 g/mol. The van der Waals surface area contributed by atoms with E-state index >= 15 is 0 Å². The highest BCUT2D eigenvalue weighted by Crippen LogP contribution is 2.41. The van der Waals surface area contributed by atoms with Crippen molar-refractivity contribution in [2.45, 2.75) is 37.8 Å². The van der Waals surface area contributed by atoms with Crippen LogP contribution in [0.2, 0.25) is 0 Å². The summed E-state index contributed by atoms with van der Waals surface area (Å²) in [5.74, 6) is 0.368. The Morgan fingerprint density at radius 3 is 2.63 bits per heavy atom. The zero-order valence-electron chi connectivity index (χ0n) is 11.0. The minimum atomic E-state index is -0.314. The third-order valence-corrected chi connectivity index (χ3v) is 3.99. The lowest BCUT2D eigenvalue weighted by Gasteiger charge is -2.13. The predicted octanol–water partition coefficient (Wildman–Crippen LogP) is 1.28. The summed E-state index contributed by atoms with van der Waals surface area (Å²) < 4.78 is 0. The molecule has 0 spiro atoms. The number of carbonyl (C=O) groups excluding carboxylic acids is 2. The first-order valence-corrected chi connectivity index (χ1v) is 6.86. The maximum absolute atomic E-state index is 12.0. The molecule has 100 valence electrons. The summed E-state index contributed by atoms with van der Waals surface area (Å²) >= 11 is 0. The number of likely N-dealkylation sites (tertiary alicyclic amines) is 1. The van der Waals surface area contributed by atoms with E-state index in [0.717, 1.165) is 6.42 Å². The van der Waals surface area contributed by atoms with Gasteiger partial charge in [-0.3, -0.25) is 14.5 Å². The largest absolute Gasteiger partial charge is 0.302 e. The minimum Gasteiger partial charge on any atom is -0.302 e. The Morgan fingerprint density at radius 2 is 2.00 bits per heavy atom. The van der Waals surface area contributed by atoms with Gasteiger partial charge >= 0.3 is 0 Å². The third kappa shape index (κ3) is 2.28. The van der Waals surface area contributed by atoms with Gasteiger partial charge in [-0.1, -0.05) is 30.3 Å². The van der Waals surface area contributed by atoms with Crippen molar-refractivity contribution >= 4 is 11.8 Å². The highest BCUT2D eigenvalue weighted by Gasteiger charge is 2.44. The molecule has 1 saturated heterocycles. The first-order valence-electron chi connectivity index (χ1n) is 6.86. The molecule has 1 aliphatic carbocycles. The van der Waals surface area contributed by atoms with Crippen molar-refractivity contribution < 1.29 is 9.59 Å². The van der Waals surface area contributed by atoms with Gasteiger partial charge in [-0.2, -0.15) is 0 Å². The summed E-state index contributed by atoms with van der Waals surface area (Å²) in [5.41, 5.74) is 1.31. The van der Waals surface area contributed by atoms with E-state index in [0.29, 0.717) is 24.9 Å². The third-order valence-electron chi connectivity index (χ3n) is 3.99. The number of hydrogen-bond acceptors (Lipinski definition) is 3. The standard InChI is InChI=1S/C15H18N2O2/c1-2-17-14(18)9-13(15(17)19)16-12-8-11(12)10-6-4-3-5-7-10/h3-7,11-13,16H,2,8-9H2,1H3. The van der Waals surface area contributed by atoms with Crippen LogP contribution in [0.4, 0.5) is 0 Å². The Labute approximate surface area is 112 Å². The van der Waals surface area contributed by atoms with Crippen molar-refractivity contribution in [3.8, 4) is 0 Å². The molecule has 1 N–H and O–H groups in total. The van der Waals surface area contributed by atoms with Crippen LogP contribution in [0.25, 0.3) is 0 Å². The number of likely N-dealkylation sites (N-methyl/N-ethyl adjacent to an activating group) is 1. The summed E-state index contributed by atoms with van der Waals surface area (Å²) in [4.78, 5) is 25.0. The van der Waals surface area contributed by atoms with Crippen LogP contribution in [0, 0.1) is 0 Å². The number of nitrogens with one attached hydrogen (secondary N) is 1. The van der Waals surface area contributed by atoms with Gasteiger partial charge in [0.2, 0.25) is 11.8 Å². The smallest absolute Gasteiger partial charge is 0.246 e. The van der Waals surface area contributed by atoms with Crippen molar-refractivity contribution in [3.05, 3.63) is 35.9 Å². The number of benzene rings is 1. The second kappa shape index (κ2) is 4.78. The van der Waals surface area contributed by atoms with Gasteiger partial charge in [-0.05, 0) is 18.9 Å². The van der Waals surface area contributed by atoms with E-state index in [1.807, 2.05) is 25.1 Å². The monoisotopic (exact) mass is 258 g/mol. The SMILES string of the molecule is CCN1C(=O)CC(NC2CC2c2ccccc2)C1=O. The Bertz CT molecular complexity index is 500. The molecule has 3 rings (SSSR count). The molecule has 19 heavy (non-hydrogen) atoms. The maximum atomic E-state index is 12.0. The fourth-order valence-electron chi connectivity index (χ4n) is 2.85. The van der Waals surface area contributed by atoms with Crippen LogP contribution < -0.4 is 5.32 Å². The summed E-state index contributed by atoms with van der Waals surface area (Å²) in [6.07, 6.45) is 1.36. The van der Waals surface area contributed by atoms with Crippen LogP contribution >= 0.6 is 0 Å². The number of imide groups is 1. The van der Waals surface area contributed by atoms with Crippen LogP contribution in [0.1, 0.15) is 31.2 Å². The summed E-state index contributed by atoms with van der Waals surface area (Å²) in [7, 11) is 0. The Hall–Kier alpha value is -1.68. The van der Waals surface area contributed by atoms with E-state index in [1.165, 1.54) is 10.5 Å². The molecular formula is C15H18N2O2. The second-order valence-electron chi connectivity index (χ2n) is 5.26. The molecule has 4 nitrogen and oxygen atoms in total. The lowest BCUT2D eigenvalue weighted by molar-refractivity contribution is -0.138. The molecule has 0 radical (unpaired) electrons. The Morgan fingerprint density at radius 1 is 1.26 bits per heavy atom. The molecule has 1 aromatic rings. The van der Waals surface area contributed by atoms with Crippen molar-refractivity contribution in [1.29, 1.82) is 0 Å². The molecule has 2 amide bonds. The van der Waals surface area contributed by atoms with E-state index in [9.17, 15) is 9.59 Å². The molecule has 1 aromatic carbocycles. The van der Waals surface area contributed by atoms with Gasteiger partial charge < -0.3 is 5.32 Å². The van der Waals surface area contributed by atoms with Gasteiger partial charge in [0, 0.05) is 18.5 Å². The molecule has 2 aliphatic rings. The van der Waals surface area contributed by atoms with E-state index in [1.54, 1.807) is 0 Å². The van der Waals surface area contributed by atoms with Crippen molar-refractivity contribution in [1.82, 2.24) is 10.2 Å². The second-order valence-corrected chi connectivity index (χ2v) is 5.26. The number of hydrogen-bond donors (Lipinski definition) is 1.